The number of halogens is 3. The van der Waals surface area contributed by atoms with Crippen molar-refractivity contribution in [3.05, 3.63) is 55.9 Å². The molecule has 2 rings (SSSR count). The average molecular weight is 378 g/mol. The average Bonchev–Trinajstić information content (AvgIpc) is 2.63. The standard InChI is InChI=1S/C13H11Br2FS/c1-8-10(14)7-13(17-8)11(15)6-9-4-2-3-5-12(9)16/h2-5,7,11H,6H2,1H3. The van der Waals surface area contributed by atoms with E-state index in [-0.39, 0.29) is 10.6 Å². The van der Waals surface area contributed by atoms with Gasteiger partial charge in [0.15, 0.2) is 0 Å². The Balaban J connectivity index is 2.17. The van der Waals surface area contributed by atoms with Crippen LogP contribution in [0.2, 0.25) is 0 Å². The van der Waals surface area contributed by atoms with Gasteiger partial charge in [0.25, 0.3) is 0 Å². The zero-order valence-electron chi connectivity index (χ0n) is 9.21. The van der Waals surface area contributed by atoms with Gasteiger partial charge in [0.2, 0.25) is 0 Å². The van der Waals surface area contributed by atoms with Crippen molar-refractivity contribution in [2.45, 2.75) is 18.2 Å². The van der Waals surface area contributed by atoms with E-state index in [0.29, 0.717) is 6.42 Å². The van der Waals surface area contributed by atoms with E-state index < -0.39 is 0 Å². The van der Waals surface area contributed by atoms with Crippen molar-refractivity contribution in [1.29, 1.82) is 0 Å². The lowest BCUT2D eigenvalue weighted by atomic mass is 10.1. The van der Waals surface area contributed by atoms with E-state index in [1.165, 1.54) is 15.8 Å². The Morgan fingerprint density at radius 2 is 2.06 bits per heavy atom. The highest BCUT2D eigenvalue weighted by atomic mass is 79.9. The molecule has 1 heterocycles. The molecule has 0 saturated heterocycles. The Kier molecular flexibility index (Phi) is 4.39. The van der Waals surface area contributed by atoms with Crippen LogP contribution in [0, 0.1) is 12.7 Å². The van der Waals surface area contributed by atoms with Gasteiger partial charge in [-0.05, 0) is 47.0 Å². The Bertz CT molecular complexity index is 502. The van der Waals surface area contributed by atoms with E-state index in [0.717, 1.165) is 10.0 Å². The van der Waals surface area contributed by atoms with Crippen LogP contribution >= 0.6 is 43.2 Å². The lowest BCUT2D eigenvalue weighted by Crippen LogP contribution is -1.95. The van der Waals surface area contributed by atoms with E-state index >= 15 is 0 Å². The molecule has 0 nitrogen and oxygen atoms in total. The summed E-state index contributed by atoms with van der Waals surface area (Å²) in [5, 5.41) is 0. The number of thiophene rings is 1. The van der Waals surface area contributed by atoms with Gasteiger partial charge in [-0.2, -0.15) is 0 Å². The summed E-state index contributed by atoms with van der Waals surface area (Å²) >= 11 is 8.86. The molecule has 1 unspecified atom stereocenters. The van der Waals surface area contributed by atoms with Gasteiger partial charge >= 0.3 is 0 Å². The van der Waals surface area contributed by atoms with Crippen molar-refractivity contribution in [3.63, 3.8) is 0 Å². The summed E-state index contributed by atoms with van der Waals surface area (Å²) in [5.41, 5.74) is 0.747. The second kappa shape index (κ2) is 5.63. The topological polar surface area (TPSA) is 0 Å². The quantitative estimate of drug-likeness (QED) is 0.607. The summed E-state index contributed by atoms with van der Waals surface area (Å²) in [7, 11) is 0. The predicted octanol–water partition coefficient (Wildman–Crippen LogP) is 5.64. The molecule has 0 aliphatic heterocycles. The molecule has 0 aliphatic rings. The number of rotatable bonds is 3. The van der Waals surface area contributed by atoms with Gasteiger partial charge in [-0.3, -0.25) is 0 Å². The first-order valence-corrected chi connectivity index (χ1v) is 7.73. The lowest BCUT2D eigenvalue weighted by molar-refractivity contribution is 0.608. The SMILES string of the molecule is Cc1sc(C(Br)Cc2ccccc2F)cc1Br. The third-order valence-electron chi connectivity index (χ3n) is 2.54. The highest BCUT2D eigenvalue weighted by molar-refractivity contribution is 9.10. The molecule has 4 heteroatoms. The van der Waals surface area contributed by atoms with Crippen molar-refractivity contribution in [2.24, 2.45) is 0 Å². The number of aryl methyl sites for hydroxylation is 1. The Morgan fingerprint density at radius 3 is 2.65 bits per heavy atom. The number of alkyl halides is 1. The number of hydrogen-bond donors (Lipinski definition) is 0. The first-order valence-electron chi connectivity index (χ1n) is 5.21. The minimum Gasteiger partial charge on any atom is -0.207 e. The van der Waals surface area contributed by atoms with Crippen LogP contribution in [0.15, 0.2) is 34.8 Å². The fraction of sp³-hybridized carbons (Fsp3) is 0.231. The van der Waals surface area contributed by atoms with Crippen LogP contribution in [0.25, 0.3) is 0 Å². The molecule has 0 amide bonds. The Hall–Kier alpha value is -0.190. The van der Waals surface area contributed by atoms with Crippen molar-refractivity contribution in [1.82, 2.24) is 0 Å². The maximum Gasteiger partial charge on any atom is 0.126 e. The third kappa shape index (κ3) is 3.18. The van der Waals surface area contributed by atoms with Gasteiger partial charge < -0.3 is 0 Å². The van der Waals surface area contributed by atoms with E-state index in [9.17, 15) is 4.39 Å². The summed E-state index contributed by atoms with van der Waals surface area (Å²) in [4.78, 5) is 2.63. The van der Waals surface area contributed by atoms with E-state index in [1.54, 1.807) is 17.4 Å². The largest absolute Gasteiger partial charge is 0.207 e. The van der Waals surface area contributed by atoms with Gasteiger partial charge in [-0.15, -0.1) is 11.3 Å². The summed E-state index contributed by atoms with van der Waals surface area (Å²) in [6.07, 6.45) is 0.666. The van der Waals surface area contributed by atoms with Crippen LogP contribution in [0.3, 0.4) is 0 Å². The van der Waals surface area contributed by atoms with Gasteiger partial charge in [0.05, 0.1) is 4.83 Å². The highest BCUT2D eigenvalue weighted by Crippen LogP contribution is 2.36. The van der Waals surface area contributed by atoms with E-state index in [2.05, 4.69) is 44.8 Å². The van der Waals surface area contributed by atoms with Gasteiger partial charge in [0.1, 0.15) is 5.82 Å². The second-order valence-corrected chi connectivity index (χ2v) is 7.06. The van der Waals surface area contributed by atoms with Crippen LogP contribution in [0.5, 0.6) is 0 Å². The van der Waals surface area contributed by atoms with Crippen LogP contribution < -0.4 is 0 Å². The summed E-state index contributed by atoms with van der Waals surface area (Å²) in [6.45, 7) is 2.07. The molecular formula is C13H11Br2FS. The smallest absolute Gasteiger partial charge is 0.126 e. The summed E-state index contributed by atoms with van der Waals surface area (Å²) in [6, 6.07) is 9.02. The van der Waals surface area contributed by atoms with Crippen LogP contribution in [0.4, 0.5) is 4.39 Å². The van der Waals surface area contributed by atoms with Crippen LogP contribution in [0.1, 0.15) is 20.1 Å². The molecule has 0 aliphatic carbocycles. The van der Waals surface area contributed by atoms with Gasteiger partial charge in [-0.25, -0.2) is 4.39 Å². The fourth-order valence-electron chi connectivity index (χ4n) is 1.59. The first kappa shape index (κ1) is 13.2. The second-order valence-electron chi connectivity index (χ2n) is 3.82. The highest BCUT2D eigenvalue weighted by Gasteiger charge is 2.14. The molecule has 1 aromatic heterocycles. The summed E-state index contributed by atoms with van der Waals surface area (Å²) < 4.78 is 14.6. The normalized spacial score (nSPS) is 12.7. The molecular weight excluding hydrogens is 367 g/mol. The zero-order chi connectivity index (χ0) is 12.4. The van der Waals surface area contributed by atoms with Gasteiger partial charge in [-0.1, -0.05) is 34.1 Å². The third-order valence-corrected chi connectivity index (χ3v) is 5.91. The molecule has 1 atom stereocenters. The Labute approximate surface area is 121 Å². The van der Waals surface area contributed by atoms with E-state index in [1.807, 2.05) is 12.1 Å². The summed E-state index contributed by atoms with van der Waals surface area (Å²) in [5.74, 6) is -0.135. The number of benzene rings is 1. The lowest BCUT2D eigenvalue weighted by Gasteiger charge is -2.08. The zero-order valence-corrected chi connectivity index (χ0v) is 13.2. The molecule has 0 fully saturated rings. The minimum atomic E-state index is -0.135. The molecule has 0 N–H and O–H groups in total. The minimum absolute atomic E-state index is 0.135. The van der Waals surface area contributed by atoms with Crippen molar-refractivity contribution < 1.29 is 4.39 Å². The Morgan fingerprint density at radius 1 is 1.35 bits per heavy atom. The molecule has 90 valence electrons. The molecule has 1 aromatic carbocycles. The van der Waals surface area contributed by atoms with Crippen LogP contribution in [-0.4, -0.2) is 0 Å². The molecule has 0 radical (unpaired) electrons. The van der Waals surface area contributed by atoms with E-state index in [4.69, 9.17) is 0 Å². The van der Waals surface area contributed by atoms with Crippen molar-refractivity contribution >= 4 is 43.2 Å². The molecule has 2 aromatic rings. The molecule has 0 spiro atoms. The predicted molar refractivity (Wildman–Crippen MR) is 78.5 cm³/mol. The van der Waals surface area contributed by atoms with Crippen molar-refractivity contribution in [2.75, 3.05) is 0 Å². The maximum atomic E-state index is 13.5. The fourth-order valence-corrected chi connectivity index (χ4v) is 3.89. The monoisotopic (exact) mass is 376 g/mol. The van der Waals surface area contributed by atoms with Crippen molar-refractivity contribution in [3.8, 4) is 0 Å². The maximum absolute atomic E-state index is 13.5. The molecule has 0 bridgehead atoms. The first-order chi connectivity index (χ1) is 8.08. The van der Waals surface area contributed by atoms with Crippen LogP contribution in [-0.2, 0) is 6.42 Å². The molecule has 0 saturated carbocycles. The molecule has 17 heavy (non-hydrogen) atoms. The van der Waals surface area contributed by atoms with Gasteiger partial charge in [0, 0.05) is 14.2 Å². The number of hydrogen-bond acceptors (Lipinski definition) is 1.